The molecular formula is C12H24N2S. The minimum atomic E-state index is 0.738. The zero-order chi connectivity index (χ0) is 10.7. The minimum Gasteiger partial charge on any atom is -0.314 e. The molecule has 1 saturated carbocycles. The van der Waals surface area contributed by atoms with Crippen LogP contribution in [0.5, 0.6) is 0 Å². The number of hydrogen-bond donors (Lipinski definition) is 1. The van der Waals surface area contributed by atoms with Crippen LogP contribution in [0, 0.1) is 0 Å². The monoisotopic (exact) mass is 228 g/mol. The average molecular weight is 228 g/mol. The summed E-state index contributed by atoms with van der Waals surface area (Å²) in [7, 11) is 0. The molecule has 2 nitrogen and oxygen atoms in total. The number of nitrogens with one attached hydrogen (secondary N) is 1. The maximum Gasteiger partial charge on any atom is 0.0218 e. The molecule has 0 amide bonds. The van der Waals surface area contributed by atoms with Gasteiger partial charge in [-0.05, 0) is 25.5 Å². The van der Waals surface area contributed by atoms with Gasteiger partial charge in [0, 0.05) is 37.0 Å². The molecule has 3 atom stereocenters. The van der Waals surface area contributed by atoms with Gasteiger partial charge in [-0.15, -0.1) is 0 Å². The second-order valence-electron chi connectivity index (χ2n) is 4.78. The van der Waals surface area contributed by atoms with Gasteiger partial charge in [0.25, 0.3) is 0 Å². The van der Waals surface area contributed by atoms with Crippen molar-refractivity contribution in [2.75, 3.05) is 25.4 Å². The summed E-state index contributed by atoms with van der Waals surface area (Å²) in [6.07, 6.45) is 4.32. The summed E-state index contributed by atoms with van der Waals surface area (Å²) in [4.78, 5) is 2.76. The molecule has 1 N–H and O–H groups in total. The van der Waals surface area contributed by atoms with Gasteiger partial charge in [-0.2, -0.15) is 11.8 Å². The van der Waals surface area contributed by atoms with E-state index in [-0.39, 0.29) is 0 Å². The lowest BCUT2D eigenvalue weighted by molar-refractivity contribution is 0.121. The molecule has 0 bridgehead atoms. The number of piperazine rings is 1. The highest BCUT2D eigenvalue weighted by Gasteiger charge is 2.34. The van der Waals surface area contributed by atoms with Gasteiger partial charge in [-0.1, -0.05) is 13.3 Å². The van der Waals surface area contributed by atoms with E-state index < -0.39 is 0 Å². The molecule has 2 rings (SSSR count). The van der Waals surface area contributed by atoms with E-state index in [4.69, 9.17) is 0 Å². The van der Waals surface area contributed by atoms with E-state index in [1.54, 1.807) is 0 Å². The van der Waals surface area contributed by atoms with Gasteiger partial charge >= 0.3 is 0 Å². The predicted octanol–water partition coefficient (Wildman–Crippen LogP) is 1.95. The number of hydrogen-bond acceptors (Lipinski definition) is 3. The molecule has 2 fully saturated rings. The van der Waals surface area contributed by atoms with Crippen LogP contribution in [-0.4, -0.2) is 47.6 Å². The van der Waals surface area contributed by atoms with Crippen LogP contribution in [0.3, 0.4) is 0 Å². The molecule has 1 aliphatic heterocycles. The van der Waals surface area contributed by atoms with Crippen molar-refractivity contribution < 1.29 is 0 Å². The molecule has 3 unspecified atom stereocenters. The molecule has 88 valence electrons. The average Bonchev–Trinajstić information content (AvgIpc) is 2.67. The highest BCUT2D eigenvalue weighted by Crippen LogP contribution is 2.34. The lowest BCUT2D eigenvalue weighted by Gasteiger charge is -2.40. The molecule has 1 saturated heterocycles. The van der Waals surface area contributed by atoms with E-state index >= 15 is 0 Å². The zero-order valence-corrected chi connectivity index (χ0v) is 10.9. The fourth-order valence-corrected chi connectivity index (χ4v) is 4.32. The first-order valence-electron chi connectivity index (χ1n) is 6.41. The Morgan fingerprint density at radius 2 is 2.27 bits per heavy atom. The second-order valence-corrected chi connectivity index (χ2v) is 6.30. The summed E-state index contributed by atoms with van der Waals surface area (Å²) < 4.78 is 0. The quantitative estimate of drug-likeness (QED) is 0.795. The van der Waals surface area contributed by atoms with Gasteiger partial charge in [0.15, 0.2) is 0 Å². The summed E-state index contributed by atoms with van der Waals surface area (Å²) in [5.74, 6) is 1.28. The molecular weight excluding hydrogens is 204 g/mol. The lowest BCUT2D eigenvalue weighted by Crippen LogP contribution is -2.55. The van der Waals surface area contributed by atoms with Crippen LogP contribution >= 0.6 is 11.8 Å². The molecule has 3 heteroatoms. The molecule has 1 aliphatic carbocycles. The summed E-state index contributed by atoms with van der Waals surface area (Å²) in [6.45, 7) is 8.29. The normalized spacial score (nSPS) is 38.4. The largest absolute Gasteiger partial charge is 0.314 e. The van der Waals surface area contributed by atoms with Crippen molar-refractivity contribution in [1.29, 1.82) is 0 Å². The van der Waals surface area contributed by atoms with Crippen molar-refractivity contribution in [3.8, 4) is 0 Å². The van der Waals surface area contributed by atoms with E-state index in [9.17, 15) is 0 Å². The predicted molar refractivity (Wildman–Crippen MR) is 68.6 cm³/mol. The molecule has 0 aromatic carbocycles. The van der Waals surface area contributed by atoms with Crippen LogP contribution in [0.1, 0.15) is 33.1 Å². The topological polar surface area (TPSA) is 15.3 Å². The zero-order valence-electron chi connectivity index (χ0n) is 10.0. The molecule has 2 aliphatic rings. The van der Waals surface area contributed by atoms with Gasteiger partial charge in [0.1, 0.15) is 0 Å². The third kappa shape index (κ3) is 2.69. The van der Waals surface area contributed by atoms with E-state index in [0.717, 1.165) is 17.3 Å². The van der Waals surface area contributed by atoms with Crippen molar-refractivity contribution in [3.05, 3.63) is 0 Å². The standard InChI is InChI=1S/C12H24N2S/c1-3-15-12-6-4-5-11(12)14-8-7-13-9-10(14)2/h10-13H,3-9H2,1-2H3. The number of rotatable bonds is 3. The van der Waals surface area contributed by atoms with Crippen molar-refractivity contribution in [2.45, 2.75) is 50.4 Å². The fraction of sp³-hybridized carbons (Fsp3) is 1.00. The summed E-state index contributed by atoms with van der Waals surface area (Å²) in [5, 5.41) is 4.40. The summed E-state index contributed by atoms with van der Waals surface area (Å²) in [6, 6.07) is 1.61. The Morgan fingerprint density at radius 1 is 1.40 bits per heavy atom. The third-order valence-corrected chi connectivity index (χ3v) is 5.09. The van der Waals surface area contributed by atoms with Gasteiger partial charge < -0.3 is 5.32 Å². The highest BCUT2D eigenvalue weighted by molar-refractivity contribution is 7.99. The first kappa shape index (κ1) is 11.7. The van der Waals surface area contributed by atoms with Crippen LogP contribution in [0.25, 0.3) is 0 Å². The van der Waals surface area contributed by atoms with Crippen LogP contribution in [0.4, 0.5) is 0 Å². The first-order chi connectivity index (χ1) is 7.33. The van der Waals surface area contributed by atoms with Crippen molar-refractivity contribution in [2.24, 2.45) is 0 Å². The van der Waals surface area contributed by atoms with Gasteiger partial charge in [0.2, 0.25) is 0 Å². The maximum atomic E-state index is 3.49. The minimum absolute atomic E-state index is 0.738. The van der Waals surface area contributed by atoms with Crippen LogP contribution in [0.2, 0.25) is 0 Å². The van der Waals surface area contributed by atoms with Crippen molar-refractivity contribution in [3.63, 3.8) is 0 Å². The van der Waals surface area contributed by atoms with Crippen LogP contribution in [0.15, 0.2) is 0 Å². The van der Waals surface area contributed by atoms with E-state index in [1.807, 2.05) is 0 Å². The molecule has 0 spiro atoms. The Kier molecular flexibility index (Phi) is 4.35. The van der Waals surface area contributed by atoms with Crippen LogP contribution in [-0.2, 0) is 0 Å². The summed E-state index contributed by atoms with van der Waals surface area (Å²) in [5.41, 5.74) is 0. The van der Waals surface area contributed by atoms with Gasteiger partial charge in [0.05, 0.1) is 0 Å². The van der Waals surface area contributed by atoms with Gasteiger partial charge in [-0.25, -0.2) is 0 Å². The first-order valence-corrected chi connectivity index (χ1v) is 7.46. The van der Waals surface area contributed by atoms with Crippen molar-refractivity contribution >= 4 is 11.8 Å². The molecule has 0 radical (unpaired) electrons. The highest BCUT2D eigenvalue weighted by atomic mass is 32.2. The number of nitrogens with zero attached hydrogens (tertiary/aromatic N) is 1. The lowest BCUT2D eigenvalue weighted by atomic mass is 10.1. The summed E-state index contributed by atoms with van der Waals surface area (Å²) >= 11 is 2.18. The Labute approximate surface area is 98.2 Å². The van der Waals surface area contributed by atoms with Gasteiger partial charge in [-0.3, -0.25) is 4.90 Å². The van der Waals surface area contributed by atoms with Crippen molar-refractivity contribution in [1.82, 2.24) is 10.2 Å². The fourth-order valence-electron chi connectivity index (χ4n) is 3.04. The van der Waals surface area contributed by atoms with Crippen LogP contribution < -0.4 is 5.32 Å². The maximum absolute atomic E-state index is 3.49. The number of thioether (sulfide) groups is 1. The smallest absolute Gasteiger partial charge is 0.0218 e. The Morgan fingerprint density at radius 3 is 3.00 bits per heavy atom. The molecule has 15 heavy (non-hydrogen) atoms. The van der Waals surface area contributed by atoms with E-state index in [1.165, 1.54) is 44.6 Å². The molecule has 0 aromatic rings. The SMILES string of the molecule is CCSC1CCCC1N1CCNCC1C. The van der Waals surface area contributed by atoms with E-state index in [2.05, 4.69) is 35.8 Å². The Bertz CT molecular complexity index is 198. The van der Waals surface area contributed by atoms with E-state index in [0.29, 0.717) is 0 Å². The Balaban J connectivity index is 1.94. The second kappa shape index (κ2) is 5.55. The molecule has 0 aromatic heterocycles. The Hall–Kier alpha value is 0.270. The molecule has 1 heterocycles. The third-order valence-electron chi connectivity index (χ3n) is 3.78.